The van der Waals surface area contributed by atoms with Gasteiger partial charge in [-0.2, -0.15) is 5.48 Å². The summed E-state index contributed by atoms with van der Waals surface area (Å²) in [7, 11) is 1.41. The highest BCUT2D eigenvalue weighted by atomic mass is 32.1. The fourth-order valence-electron chi connectivity index (χ4n) is 4.29. The number of nitrogens with one attached hydrogen (secondary N) is 2. The lowest BCUT2D eigenvalue weighted by molar-refractivity contribution is 0.0713. The van der Waals surface area contributed by atoms with Gasteiger partial charge in [0.1, 0.15) is 22.6 Å². The monoisotopic (exact) mass is 469 g/mol. The van der Waals surface area contributed by atoms with Crippen LogP contribution in [0.25, 0.3) is 21.3 Å². The molecule has 0 bridgehead atoms. The number of aliphatic hydroxyl groups excluding tert-OH is 1. The molecule has 4 aromatic heterocycles. The molecule has 0 radical (unpaired) electrons. The highest BCUT2D eigenvalue weighted by Crippen LogP contribution is 2.34. The first-order valence-electron chi connectivity index (χ1n) is 10.6. The summed E-state index contributed by atoms with van der Waals surface area (Å²) >= 11 is 1.26. The van der Waals surface area contributed by atoms with Gasteiger partial charge in [-0.05, 0) is 31.5 Å². The van der Waals surface area contributed by atoms with Crippen LogP contribution in [0.2, 0.25) is 0 Å². The molecule has 3 N–H and O–H groups in total. The van der Waals surface area contributed by atoms with E-state index in [4.69, 9.17) is 4.84 Å². The molecular formula is C22H23N5O5S. The standard InChI is InChI=1S/C22H23N5O5S/c1-10(2)27-21-16(20(30)26(3)22(27)31)15(18(29)17-13(28)9-32-25-17)14(33-21)7-11-8-24-19-12(11)5-4-6-23-19/h4-6,8,10,13,17,25,28H,7,9H2,1-3H3,(H,23,24)/t13?,17-/m0/s1. The topological polar surface area (TPSA) is 131 Å². The lowest BCUT2D eigenvalue weighted by Gasteiger charge is -2.14. The van der Waals surface area contributed by atoms with Gasteiger partial charge in [0, 0.05) is 47.7 Å². The Kier molecular flexibility index (Phi) is 5.28. The Morgan fingerprint density at radius 2 is 2.18 bits per heavy atom. The van der Waals surface area contributed by atoms with Gasteiger partial charge in [0.15, 0.2) is 5.78 Å². The van der Waals surface area contributed by atoms with E-state index in [1.54, 1.807) is 6.20 Å². The van der Waals surface area contributed by atoms with Crippen LogP contribution in [0.4, 0.5) is 0 Å². The Hall–Kier alpha value is -3.12. The predicted molar refractivity (Wildman–Crippen MR) is 124 cm³/mol. The normalized spacial score (nSPS) is 18.7. The van der Waals surface area contributed by atoms with Crippen LogP contribution in [-0.2, 0) is 18.3 Å². The van der Waals surface area contributed by atoms with Crippen molar-refractivity contribution < 1.29 is 14.7 Å². The van der Waals surface area contributed by atoms with Crippen LogP contribution < -0.4 is 16.7 Å². The van der Waals surface area contributed by atoms with Gasteiger partial charge in [-0.25, -0.2) is 9.78 Å². The average molecular weight is 470 g/mol. The molecule has 1 aliphatic rings. The molecule has 11 heteroatoms. The molecule has 0 amide bonds. The van der Waals surface area contributed by atoms with Gasteiger partial charge >= 0.3 is 5.69 Å². The molecule has 1 aliphatic heterocycles. The summed E-state index contributed by atoms with van der Waals surface area (Å²) < 4.78 is 2.56. The Morgan fingerprint density at radius 3 is 2.88 bits per heavy atom. The largest absolute Gasteiger partial charge is 0.388 e. The van der Waals surface area contributed by atoms with Crippen LogP contribution in [0, 0.1) is 0 Å². The lowest BCUT2D eigenvalue weighted by Crippen LogP contribution is -2.41. The van der Waals surface area contributed by atoms with Crippen LogP contribution in [0.3, 0.4) is 0 Å². The van der Waals surface area contributed by atoms with Gasteiger partial charge in [-0.1, -0.05) is 0 Å². The highest BCUT2D eigenvalue weighted by Gasteiger charge is 2.37. The number of H-pyrrole nitrogens is 1. The molecular weight excluding hydrogens is 446 g/mol. The van der Waals surface area contributed by atoms with E-state index in [1.165, 1.54) is 23.0 Å². The maximum atomic E-state index is 13.6. The van der Waals surface area contributed by atoms with Crippen molar-refractivity contribution >= 4 is 38.4 Å². The highest BCUT2D eigenvalue weighted by molar-refractivity contribution is 7.19. The molecule has 0 spiro atoms. The fourth-order valence-corrected chi connectivity index (χ4v) is 5.73. The minimum atomic E-state index is -1.04. The van der Waals surface area contributed by atoms with Crippen LogP contribution in [-0.4, -0.2) is 48.7 Å². The number of thiophene rings is 1. The maximum absolute atomic E-state index is 13.6. The van der Waals surface area contributed by atoms with Gasteiger partial charge in [0.05, 0.1) is 12.0 Å². The number of aliphatic hydroxyl groups is 1. The molecule has 1 fully saturated rings. The zero-order valence-corrected chi connectivity index (χ0v) is 19.1. The number of pyridine rings is 1. The zero-order chi connectivity index (χ0) is 23.4. The van der Waals surface area contributed by atoms with Gasteiger partial charge in [-0.3, -0.25) is 23.6 Å². The molecule has 0 saturated carbocycles. The van der Waals surface area contributed by atoms with Crippen LogP contribution in [0.15, 0.2) is 34.1 Å². The van der Waals surface area contributed by atoms with E-state index in [1.807, 2.05) is 32.2 Å². The minimum absolute atomic E-state index is 0.0311. The van der Waals surface area contributed by atoms with Crippen LogP contribution in [0.5, 0.6) is 0 Å². The second-order valence-electron chi connectivity index (χ2n) is 8.42. The number of aromatic amines is 1. The Balaban J connectivity index is 1.79. The molecule has 1 unspecified atom stereocenters. The van der Waals surface area contributed by atoms with Gasteiger partial charge in [-0.15, -0.1) is 11.3 Å². The molecule has 172 valence electrons. The third-order valence-corrected chi connectivity index (χ3v) is 7.16. The van der Waals surface area contributed by atoms with Crippen molar-refractivity contribution in [2.75, 3.05) is 6.61 Å². The summed E-state index contributed by atoms with van der Waals surface area (Å²) in [6, 6.07) is 2.54. The predicted octanol–water partition coefficient (Wildman–Crippen LogP) is 1.26. The molecule has 5 rings (SSSR count). The summed E-state index contributed by atoms with van der Waals surface area (Å²) in [4.78, 5) is 53.4. The summed E-state index contributed by atoms with van der Waals surface area (Å²) in [6.45, 7) is 3.68. The van der Waals surface area contributed by atoms with Crippen molar-refractivity contribution in [2.45, 2.75) is 38.5 Å². The number of Topliss-reactive ketones (excluding diaryl/α,β-unsaturated/α-hetero) is 1. The van der Waals surface area contributed by atoms with Gasteiger partial charge < -0.3 is 10.1 Å². The van der Waals surface area contributed by atoms with E-state index in [-0.39, 0.29) is 23.6 Å². The van der Waals surface area contributed by atoms with Crippen LogP contribution >= 0.6 is 11.3 Å². The van der Waals surface area contributed by atoms with Crippen molar-refractivity contribution in [3.8, 4) is 0 Å². The third kappa shape index (κ3) is 3.35. The summed E-state index contributed by atoms with van der Waals surface area (Å²) in [5.41, 5.74) is 3.44. The quantitative estimate of drug-likeness (QED) is 0.375. The molecule has 1 saturated heterocycles. The molecule has 0 aliphatic carbocycles. The summed E-state index contributed by atoms with van der Waals surface area (Å²) in [5, 5.41) is 11.4. The van der Waals surface area contributed by atoms with E-state index in [0.29, 0.717) is 16.1 Å². The first-order valence-corrected chi connectivity index (χ1v) is 11.4. The number of hydrogen-bond acceptors (Lipinski definition) is 8. The van der Waals surface area contributed by atoms with E-state index in [9.17, 15) is 19.5 Å². The number of hydrogen-bond donors (Lipinski definition) is 3. The SMILES string of the molecule is CC(C)n1c(=O)n(C)c(=O)c2c(C(=O)[C@H]3NOCC3O)c(Cc3c[nH]c4ncccc34)sc21. The second-order valence-corrected chi connectivity index (χ2v) is 9.50. The average Bonchev–Trinajstić information content (AvgIpc) is 3.49. The second kappa shape index (κ2) is 8.03. The summed E-state index contributed by atoms with van der Waals surface area (Å²) in [6.07, 6.45) is 2.83. The van der Waals surface area contributed by atoms with Crippen molar-refractivity contribution in [1.29, 1.82) is 0 Å². The first kappa shape index (κ1) is 21.7. The zero-order valence-electron chi connectivity index (χ0n) is 18.3. The fraction of sp³-hybridized carbons (Fsp3) is 0.364. The van der Waals surface area contributed by atoms with E-state index >= 15 is 0 Å². The first-order chi connectivity index (χ1) is 15.8. The number of nitrogens with zero attached hydrogens (tertiary/aromatic N) is 3. The van der Waals surface area contributed by atoms with E-state index < -0.39 is 29.2 Å². The molecule has 4 aromatic rings. The van der Waals surface area contributed by atoms with E-state index in [2.05, 4.69) is 15.4 Å². The van der Waals surface area contributed by atoms with E-state index in [0.717, 1.165) is 21.2 Å². The number of rotatable bonds is 5. The Bertz CT molecular complexity index is 1510. The third-order valence-electron chi connectivity index (χ3n) is 5.98. The van der Waals surface area contributed by atoms with Crippen molar-refractivity contribution in [1.82, 2.24) is 24.6 Å². The Labute approximate surface area is 191 Å². The van der Waals surface area contributed by atoms with Crippen LogP contribution in [0.1, 0.15) is 40.7 Å². The Morgan fingerprint density at radius 1 is 1.39 bits per heavy atom. The number of hydroxylamine groups is 1. The van der Waals surface area contributed by atoms with Crippen molar-refractivity contribution in [3.63, 3.8) is 0 Å². The lowest BCUT2D eigenvalue weighted by atomic mass is 9.97. The minimum Gasteiger partial charge on any atom is -0.388 e. The smallest absolute Gasteiger partial charge is 0.332 e. The number of carbonyl (C=O) groups excluding carboxylic acids is 1. The van der Waals surface area contributed by atoms with Crippen molar-refractivity contribution in [3.05, 3.63) is 61.4 Å². The van der Waals surface area contributed by atoms with Crippen molar-refractivity contribution in [2.24, 2.45) is 7.05 Å². The number of fused-ring (bicyclic) bond motifs is 2. The van der Waals surface area contributed by atoms with Gasteiger partial charge in [0.2, 0.25) is 0 Å². The number of ketones is 1. The number of aromatic nitrogens is 4. The maximum Gasteiger partial charge on any atom is 0.332 e. The molecule has 2 atom stereocenters. The molecule has 0 aromatic carbocycles. The van der Waals surface area contributed by atoms with Gasteiger partial charge in [0.25, 0.3) is 5.56 Å². The molecule has 10 nitrogen and oxygen atoms in total. The summed E-state index contributed by atoms with van der Waals surface area (Å²) in [5.74, 6) is -0.440. The molecule has 5 heterocycles. The molecule has 33 heavy (non-hydrogen) atoms. The number of carbonyl (C=O) groups is 1.